The van der Waals surface area contributed by atoms with E-state index in [1.165, 1.54) is 0 Å². The zero-order valence-electron chi connectivity index (χ0n) is 10.4. The van der Waals surface area contributed by atoms with Gasteiger partial charge in [-0.25, -0.2) is 0 Å². The van der Waals surface area contributed by atoms with E-state index in [4.69, 9.17) is 14.7 Å². The normalized spacial score (nSPS) is 16.1. The Bertz CT molecular complexity index is 535. The summed E-state index contributed by atoms with van der Waals surface area (Å²) in [4.78, 5) is 12.0. The molecule has 0 unspecified atom stereocenters. The highest BCUT2D eigenvalue weighted by Crippen LogP contribution is 2.27. The molecule has 6 heteroatoms. The van der Waals surface area contributed by atoms with Crippen LogP contribution in [-0.2, 0) is 16.1 Å². The number of rotatable bonds is 4. The number of carbonyl (C=O) groups excluding carboxylic acids is 1. The standard InChI is InChI=1S/C13H13BrN2O3/c1-18-11-3-2-10(14)4-9(11)5-16-12(17)13(6-15)7-19-8-13/h2-4H,5,7-8H2,1H3,(H,16,17). The SMILES string of the molecule is COc1ccc(Br)cc1CNC(=O)C1(C#N)COC1. The fraction of sp³-hybridized carbons (Fsp3) is 0.385. The van der Waals surface area contributed by atoms with Crippen molar-refractivity contribution in [2.24, 2.45) is 5.41 Å². The van der Waals surface area contributed by atoms with Crippen LogP contribution in [0.1, 0.15) is 5.56 Å². The van der Waals surface area contributed by atoms with Crippen LogP contribution in [-0.4, -0.2) is 26.2 Å². The zero-order valence-corrected chi connectivity index (χ0v) is 12.0. The predicted molar refractivity (Wildman–Crippen MR) is 71.4 cm³/mol. The van der Waals surface area contributed by atoms with Gasteiger partial charge in [0.2, 0.25) is 5.91 Å². The van der Waals surface area contributed by atoms with E-state index in [-0.39, 0.29) is 19.1 Å². The van der Waals surface area contributed by atoms with Crippen LogP contribution in [0.25, 0.3) is 0 Å². The van der Waals surface area contributed by atoms with E-state index in [0.29, 0.717) is 12.3 Å². The topological polar surface area (TPSA) is 71.3 Å². The summed E-state index contributed by atoms with van der Waals surface area (Å²) in [7, 11) is 1.57. The third-order valence-electron chi connectivity index (χ3n) is 3.03. The first-order valence-electron chi connectivity index (χ1n) is 5.71. The number of nitriles is 1. The summed E-state index contributed by atoms with van der Waals surface area (Å²) in [5.74, 6) is 0.391. The first-order chi connectivity index (χ1) is 9.11. The van der Waals surface area contributed by atoms with Crippen LogP contribution in [0.2, 0.25) is 0 Å². The average Bonchev–Trinajstić information content (AvgIpc) is 2.36. The molecule has 0 aromatic heterocycles. The van der Waals surface area contributed by atoms with Gasteiger partial charge in [0.25, 0.3) is 0 Å². The summed E-state index contributed by atoms with van der Waals surface area (Å²) in [6.07, 6.45) is 0. The molecule has 1 amide bonds. The Morgan fingerprint density at radius 3 is 2.89 bits per heavy atom. The monoisotopic (exact) mass is 324 g/mol. The molecule has 19 heavy (non-hydrogen) atoms. The molecule has 0 saturated carbocycles. The lowest BCUT2D eigenvalue weighted by molar-refractivity contribution is -0.150. The number of hydrogen-bond donors (Lipinski definition) is 1. The molecule has 0 aliphatic carbocycles. The van der Waals surface area contributed by atoms with Crippen molar-refractivity contribution >= 4 is 21.8 Å². The second-order valence-corrected chi connectivity index (χ2v) is 5.24. The predicted octanol–water partition coefficient (Wildman–Crippen LogP) is 1.61. The summed E-state index contributed by atoms with van der Waals surface area (Å²) in [5, 5.41) is 11.8. The van der Waals surface area contributed by atoms with Crippen LogP contribution in [0.15, 0.2) is 22.7 Å². The number of nitrogens with zero attached hydrogens (tertiary/aromatic N) is 1. The second-order valence-electron chi connectivity index (χ2n) is 4.33. The number of nitrogens with one attached hydrogen (secondary N) is 1. The molecule has 2 rings (SSSR count). The Labute approximate surface area is 119 Å². The smallest absolute Gasteiger partial charge is 0.245 e. The van der Waals surface area contributed by atoms with Crippen molar-refractivity contribution in [1.29, 1.82) is 5.26 Å². The molecule has 1 N–H and O–H groups in total. The highest BCUT2D eigenvalue weighted by atomic mass is 79.9. The van der Waals surface area contributed by atoms with Crippen molar-refractivity contribution in [1.82, 2.24) is 5.32 Å². The Morgan fingerprint density at radius 1 is 1.63 bits per heavy atom. The van der Waals surface area contributed by atoms with Gasteiger partial charge in [-0.1, -0.05) is 15.9 Å². The van der Waals surface area contributed by atoms with Crippen LogP contribution >= 0.6 is 15.9 Å². The van der Waals surface area contributed by atoms with Gasteiger partial charge in [-0.3, -0.25) is 4.79 Å². The zero-order chi connectivity index (χ0) is 13.9. The minimum atomic E-state index is -1.03. The molecule has 0 radical (unpaired) electrons. The van der Waals surface area contributed by atoms with Gasteiger partial charge in [0.05, 0.1) is 26.4 Å². The van der Waals surface area contributed by atoms with E-state index in [2.05, 4.69) is 21.2 Å². The largest absolute Gasteiger partial charge is 0.496 e. The van der Waals surface area contributed by atoms with Crippen molar-refractivity contribution in [2.45, 2.75) is 6.54 Å². The van der Waals surface area contributed by atoms with Crippen molar-refractivity contribution in [3.8, 4) is 11.8 Å². The number of benzene rings is 1. The molecular weight excluding hydrogens is 312 g/mol. The third-order valence-corrected chi connectivity index (χ3v) is 3.52. The minimum absolute atomic E-state index is 0.158. The van der Waals surface area contributed by atoms with Crippen LogP contribution in [0.5, 0.6) is 5.75 Å². The van der Waals surface area contributed by atoms with Gasteiger partial charge >= 0.3 is 0 Å². The van der Waals surface area contributed by atoms with E-state index < -0.39 is 5.41 Å². The first kappa shape index (κ1) is 13.8. The summed E-state index contributed by atoms with van der Waals surface area (Å²) in [5.41, 5.74) is -0.183. The lowest BCUT2D eigenvalue weighted by atomic mass is 9.87. The number of ether oxygens (including phenoxy) is 2. The minimum Gasteiger partial charge on any atom is -0.496 e. The Kier molecular flexibility index (Phi) is 4.08. The van der Waals surface area contributed by atoms with Gasteiger partial charge in [0.1, 0.15) is 5.75 Å². The molecule has 1 aromatic carbocycles. The fourth-order valence-electron chi connectivity index (χ4n) is 1.78. The second kappa shape index (κ2) is 5.59. The van der Waals surface area contributed by atoms with Crippen molar-refractivity contribution in [2.75, 3.05) is 20.3 Å². The summed E-state index contributed by atoms with van der Waals surface area (Å²) in [6, 6.07) is 7.56. The van der Waals surface area contributed by atoms with Gasteiger partial charge < -0.3 is 14.8 Å². The van der Waals surface area contributed by atoms with Gasteiger partial charge in [-0.05, 0) is 18.2 Å². The molecule has 1 saturated heterocycles. The van der Waals surface area contributed by atoms with E-state index in [1.807, 2.05) is 24.3 Å². The Hall–Kier alpha value is -1.58. The average molecular weight is 325 g/mol. The highest BCUT2D eigenvalue weighted by Gasteiger charge is 2.46. The van der Waals surface area contributed by atoms with Gasteiger partial charge in [-0.15, -0.1) is 0 Å². The van der Waals surface area contributed by atoms with E-state index in [1.54, 1.807) is 7.11 Å². The maximum atomic E-state index is 12.0. The van der Waals surface area contributed by atoms with Crippen molar-refractivity contribution in [3.63, 3.8) is 0 Å². The summed E-state index contributed by atoms with van der Waals surface area (Å²) in [6.45, 7) is 0.626. The van der Waals surface area contributed by atoms with Crippen LogP contribution in [0.4, 0.5) is 0 Å². The molecule has 1 heterocycles. The lowest BCUT2D eigenvalue weighted by Crippen LogP contribution is -2.52. The number of methoxy groups -OCH3 is 1. The molecule has 1 aliphatic heterocycles. The quantitative estimate of drug-likeness (QED) is 0.913. The van der Waals surface area contributed by atoms with Crippen LogP contribution in [0.3, 0.4) is 0 Å². The molecule has 0 bridgehead atoms. The maximum Gasteiger partial charge on any atom is 0.245 e. The molecule has 5 nitrogen and oxygen atoms in total. The van der Waals surface area contributed by atoms with Gasteiger partial charge in [0, 0.05) is 16.6 Å². The number of halogens is 1. The van der Waals surface area contributed by atoms with Gasteiger partial charge in [0.15, 0.2) is 5.41 Å². The molecule has 1 aliphatic rings. The van der Waals surface area contributed by atoms with Crippen molar-refractivity contribution < 1.29 is 14.3 Å². The fourth-order valence-corrected chi connectivity index (χ4v) is 2.19. The molecular formula is C13H13BrN2O3. The third kappa shape index (κ3) is 2.72. The van der Waals surface area contributed by atoms with E-state index in [9.17, 15) is 4.79 Å². The molecule has 100 valence electrons. The van der Waals surface area contributed by atoms with Crippen LogP contribution in [0, 0.1) is 16.7 Å². The first-order valence-corrected chi connectivity index (χ1v) is 6.50. The maximum absolute atomic E-state index is 12.0. The van der Waals surface area contributed by atoms with Crippen molar-refractivity contribution in [3.05, 3.63) is 28.2 Å². The molecule has 0 atom stereocenters. The Morgan fingerprint density at radius 2 is 2.37 bits per heavy atom. The van der Waals surface area contributed by atoms with E-state index >= 15 is 0 Å². The molecule has 1 fully saturated rings. The van der Waals surface area contributed by atoms with Crippen LogP contribution < -0.4 is 10.1 Å². The van der Waals surface area contributed by atoms with E-state index in [0.717, 1.165) is 10.0 Å². The van der Waals surface area contributed by atoms with Gasteiger partial charge in [-0.2, -0.15) is 5.26 Å². The molecule has 0 spiro atoms. The number of carbonyl (C=O) groups is 1. The number of amides is 1. The molecule has 1 aromatic rings. The summed E-state index contributed by atoms with van der Waals surface area (Å²) < 4.78 is 11.1. The highest BCUT2D eigenvalue weighted by molar-refractivity contribution is 9.10. The number of hydrogen-bond acceptors (Lipinski definition) is 4. The Balaban J connectivity index is 2.05. The lowest BCUT2D eigenvalue weighted by Gasteiger charge is -2.33. The summed E-state index contributed by atoms with van der Waals surface area (Å²) >= 11 is 3.37.